The van der Waals surface area contributed by atoms with Crippen molar-refractivity contribution in [2.45, 2.75) is 6.92 Å². The minimum atomic E-state index is 0.200. The van der Waals surface area contributed by atoms with Gasteiger partial charge in [0.1, 0.15) is 11.6 Å². The lowest BCUT2D eigenvalue weighted by molar-refractivity contribution is 0.399. The Morgan fingerprint density at radius 1 is 1.16 bits per heavy atom. The number of aryl methyl sites for hydroxylation is 1. The predicted octanol–water partition coefficient (Wildman–Crippen LogP) is 2.65. The second kappa shape index (κ2) is 4.28. The number of rotatable bonds is 2. The van der Waals surface area contributed by atoms with E-state index in [1.54, 1.807) is 19.2 Å². The van der Waals surface area contributed by atoms with Crippen molar-refractivity contribution >= 4 is 11.2 Å². The molecular formula is C14H13N3O2. The van der Waals surface area contributed by atoms with Crippen LogP contribution in [0.25, 0.3) is 22.6 Å². The first-order chi connectivity index (χ1) is 9.17. The zero-order chi connectivity index (χ0) is 13.4. The van der Waals surface area contributed by atoms with Crippen LogP contribution in [0, 0.1) is 6.92 Å². The van der Waals surface area contributed by atoms with Gasteiger partial charge in [-0.3, -0.25) is 0 Å². The third kappa shape index (κ3) is 1.99. The second-order valence-corrected chi connectivity index (χ2v) is 4.33. The van der Waals surface area contributed by atoms with Crippen LogP contribution in [0.2, 0.25) is 0 Å². The Hall–Kier alpha value is -2.56. The van der Waals surface area contributed by atoms with Crippen LogP contribution < -0.4 is 4.74 Å². The van der Waals surface area contributed by atoms with Crippen molar-refractivity contribution < 1.29 is 9.84 Å². The van der Waals surface area contributed by atoms with Crippen molar-refractivity contribution in [2.24, 2.45) is 0 Å². The first-order valence-corrected chi connectivity index (χ1v) is 5.88. The number of methoxy groups -OCH3 is 1. The Kier molecular flexibility index (Phi) is 2.59. The molecule has 0 aliphatic heterocycles. The SMILES string of the molecule is COc1ccc2[nH]c(-c3ccc(C)cc3O)nc2n1. The van der Waals surface area contributed by atoms with Gasteiger partial charge in [0.25, 0.3) is 0 Å². The average Bonchev–Trinajstić information content (AvgIpc) is 2.80. The number of ether oxygens (including phenoxy) is 1. The van der Waals surface area contributed by atoms with Crippen molar-refractivity contribution in [3.63, 3.8) is 0 Å². The van der Waals surface area contributed by atoms with Crippen LogP contribution in [-0.4, -0.2) is 27.2 Å². The van der Waals surface area contributed by atoms with Gasteiger partial charge in [0.15, 0.2) is 5.65 Å². The average molecular weight is 255 g/mol. The topological polar surface area (TPSA) is 71.0 Å². The number of aromatic hydroxyl groups is 1. The zero-order valence-corrected chi connectivity index (χ0v) is 10.6. The minimum absolute atomic E-state index is 0.200. The molecule has 0 fully saturated rings. The van der Waals surface area contributed by atoms with Gasteiger partial charge >= 0.3 is 0 Å². The summed E-state index contributed by atoms with van der Waals surface area (Å²) in [5.74, 6) is 1.30. The van der Waals surface area contributed by atoms with Crippen LogP contribution in [0.4, 0.5) is 0 Å². The maximum absolute atomic E-state index is 9.97. The summed E-state index contributed by atoms with van der Waals surface area (Å²) >= 11 is 0. The quantitative estimate of drug-likeness (QED) is 0.738. The molecule has 0 aliphatic carbocycles. The maximum atomic E-state index is 9.97. The van der Waals surface area contributed by atoms with E-state index in [-0.39, 0.29) is 5.75 Å². The van der Waals surface area contributed by atoms with Crippen molar-refractivity contribution in [1.29, 1.82) is 0 Å². The smallest absolute Gasteiger partial charge is 0.215 e. The highest BCUT2D eigenvalue weighted by molar-refractivity contribution is 5.78. The summed E-state index contributed by atoms with van der Waals surface area (Å²) in [5, 5.41) is 9.97. The Labute approximate surface area is 109 Å². The minimum Gasteiger partial charge on any atom is -0.507 e. The van der Waals surface area contributed by atoms with Gasteiger partial charge in [-0.25, -0.2) is 4.98 Å². The lowest BCUT2D eigenvalue weighted by Crippen LogP contribution is -1.86. The Morgan fingerprint density at radius 3 is 2.74 bits per heavy atom. The molecule has 19 heavy (non-hydrogen) atoms. The molecule has 0 radical (unpaired) electrons. The molecule has 3 aromatic rings. The largest absolute Gasteiger partial charge is 0.507 e. The molecule has 1 aromatic carbocycles. The van der Waals surface area contributed by atoms with E-state index in [1.165, 1.54) is 0 Å². The molecular weight excluding hydrogens is 242 g/mol. The number of nitrogens with one attached hydrogen (secondary N) is 1. The summed E-state index contributed by atoms with van der Waals surface area (Å²) in [6, 6.07) is 9.08. The molecule has 96 valence electrons. The number of phenolic OH excluding ortho intramolecular Hbond substituents is 1. The van der Waals surface area contributed by atoms with Gasteiger partial charge in [-0.2, -0.15) is 4.98 Å². The van der Waals surface area contributed by atoms with Crippen molar-refractivity contribution in [2.75, 3.05) is 7.11 Å². The fraction of sp³-hybridized carbons (Fsp3) is 0.143. The fourth-order valence-electron chi connectivity index (χ4n) is 1.96. The Bertz CT molecular complexity index is 750. The van der Waals surface area contributed by atoms with E-state index in [2.05, 4.69) is 15.0 Å². The van der Waals surface area contributed by atoms with Gasteiger partial charge in [-0.05, 0) is 30.7 Å². The molecule has 0 saturated carbocycles. The van der Waals surface area contributed by atoms with E-state index >= 15 is 0 Å². The van der Waals surface area contributed by atoms with Gasteiger partial charge in [0.05, 0.1) is 18.2 Å². The first kappa shape index (κ1) is 11.5. The van der Waals surface area contributed by atoms with Gasteiger partial charge < -0.3 is 14.8 Å². The number of H-pyrrole nitrogens is 1. The molecule has 5 heteroatoms. The molecule has 0 aliphatic rings. The third-order valence-electron chi connectivity index (χ3n) is 2.94. The summed E-state index contributed by atoms with van der Waals surface area (Å²) in [6.45, 7) is 1.93. The number of imidazole rings is 1. The summed E-state index contributed by atoms with van der Waals surface area (Å²) in [5.41, 5.74) is 3.02. The van der Waals surface area contributed by atoms with E-state index in [1.807, 2.05) is 25.1 Å². The van der Waals surface area contributed by atoms with Crippen molar-refractivity contribution in [3.8, 4) is 23.0 Å². The van der Waals surface area contributed by atoms with Crippen LogP contribution >= 0.6 is 0 Å². The van der Waals surface area contributed by atoms with E-state index in [4.69, 9.17) is 4.74 Å². The second-order valence-electron chi connectivity index (χ2n) is 4.33. The molecule has 0 atom stereocenters. The summed E-state index contributed by atoms with van der Waals surface area (Å²) in [7, 11) is 1.56. The molecule has 0 unspecified atom stereocenters. The monoisotopic (exact) mass is 255 g/mol. The first-order valence-electron chi connectivity index (χ1n) is 5.88. The molecule has 0 spiro atoms. The number of pyridine rings is 1. The number of hydrogen-bond donors (Lipinski definition) is 2. The molecule has 0 bridgehead atoms. The van der Waals surface area contributed by atoms with Crippen LogP contribution in [0.5, 0.6) is 11.6 Å². The fourth-order valence-corrected chi connectivity index (χ4v) is 1.96. The Balaban J connectivity index is 2.14. The van der Waals surface area contributed by atoms with E-state index in [0.717, 1.165) is 11.1 Å². The number of hydrogen-bond acceptors (Lipinski definition) is 4. The molecule has 5 nitrogen and oxygen atoms in total. The highest BCUT2D eigenvalue weighted by Crippen LogP contribution is 2.29. The standard InChI is InChI=1S/C14H13N3O2/c1-8-3-4-9(11(18)7-8)13-15-10-5-6-12(19-2)16-14(10)17-13/h3-7,18H,1-2H3,(H,15,16,17). The van der Waals surface area contributed by atoms with Crippen molar-refractivity contribution in [3.05, 3.63) is 35.9 Å². The van der Waals surface area contributed by atoms with E-state index in [9.17, 15) is 5.11 Å². The molecule has 0 saturated heterocycles. The molecule has 2 aromatic heterocycles. The van der Waals surface area contributed by atoms with Crippen LogP contribution in [0.3, 0.4) is 0 Å². The van der Waals surface area contributed by atoms with Gasteiger partial charge in [-0.15, -0.1) is 0 Å². The van der Waals surface area contributed by atoms with Crippen molar-refractivity contribution in [1.82, 2.24) is 15.0 Å². The summed E-state index contributed by atoms with van der Waals surface area (Å²) in [4.78, 5) is 11.8. The number of aromatic nitrogens is 3. The normalized spacial score (nSPS) is 10.8. The summed E-state index contributed by atoms with van der Waals surface area (Å²) in [6.07, 6.45) is 0. The van der Waals surface area contributed by atoms with E-state index in [0.29, 0.717) is 22.9 Å². The van der Waals surface area contributed by atoms with Crippen LogP contribution in [0.15, 0.2) is 30.3 Å². The van der Waals surface area contributed by atoms with Gasteiger partial charge in [0.2, 0.25) is 5.88 Å². The van der Waals surface area contributed by atoms with Crippen LogP contribution in [0.1, 0.15) is 5.56 Å². The zero-order valence-electron chi connectivity index (χ0n) is 10.6. The molecule has 2 heterocycles. The van der Waals surface area contributed by atoms with Crippen LogP contribution in [-0.2, 0) is 0 Å². The predicted molar refractivity (Wildman–Crippen MR) is 72.3 cm³/mol. The molecule has 3 rings (SSSR count). The Morgan fingerprint density at radius 2 is 2.00 bits per heavy atom. The molecule has 0 amide bonds. The lowest BCUT2D eigenvalue weighted by atomic mass is 10.1. The van der Waals surface area contributed by atoms with Gasteiger partial charge in [-0.1, -0.05) is 6.07 Å². The van der Waals surface area contributed by atoms with Gasteiger partial charge in [0, 0.05) is 6.07 Å². The molecule has 2 N–H and O–H groups in total. The maximum Gasteiger partial charge on any atom is 0.215 e. The number of aromatic amines is 1. The highest BCUT2D eigenvalue weighted by Gasteiger charge is 2.10. The highest BCUT2D eigenvalue weighted by atomic mass is 16.5. The number of fused-ring (bicyclic) bond motifs is 1. The van der Waals surface area contributed by atoms with E-state index < -0.39 is 0 Å². The number of nitrogens with zero attached hydrogens (tertiary/aromatic N) is 2. The number of benzene rings is 1. The lowest BCUT2D eigenvalue weighted by Gasteiger charge is -2.01. The summed E-state index contributed by atoms with van der Waals surface area (Å²) < 4.78 is 5.06. The third-order valence-corrected chi connectivity index (χ3v) is 2.94. The number of phenols is 1.